The molecule has 0 unspecified atom stereocenters. The first-order valence-electron chi connectivity index (χ1n) is 7.71. The van der Waals surface area contributed by atoms with E-state index >= 15 is 0 Å². The summed E-state index contributed by atoms with van der Waals surface area (Å²) in [6, 6.07) is 11.8. The standard InChI is InChI=1S/C17H20N4O/c1-2-10-18-16-8-7-15(19-20-16)17(22)21-11-9-13-5-3-4-6-14(13)12-21/h3-8H,2,9-12H2,1H3,(H,18,20). The Hall–Kier alpha value is -2.43. The van der Waals surface area contributed by atoms with Crippen molar-refractivity contribution < 1.29 is 4.79 Å². The monoisotopic (exact) mass is 296 g/mol. The van der Waals surface area contributed by atoms with Crippen LogP contribution in [0.1, 0.15) is 35.0 Å². The van der Waals surface area contributed by atoms with Crippen molar-refractivity contribution >= 4 is 11.7 Å². The molecular formula is C17H20N4O. The Balaban J connectivity index is 1.69. The molecule has 1 N–H and O–H groups in total. The van der Waals surface area contributed by atoms with E-state index in [9.17, 15) is 4.79 Å². The lowest BCUT2D eigenvalue weighted by Crippen LogP contribution is -2.36. The van der Waals surface area contributed by atoms with Crippen LogP contribution in [-0.4, -0.2) is 34.1 Å². The van der Waals surface area contributed by atoms with E-state index in [4.69, 9.17) is 0 Å². The van der Waals surface area contributed by atoms with Crippen molar-refractivity contribution in [3.8, 4) is 0 Å². The van der Waals surface area contributed by atoms with Crippen LogP contribution in [0, 0.1) is 0 Å². The van der Waals surface area contributed by atoms with Gasteiger partial charge in [-0.2, -0.15) is 0 Å². The summed E-state index contributed by atoms with van der Waals surface area (Å²) in [7, 11) is 0. The molecule has 1 amide bonds. The second-order valence-electron chi connectivity index (χ2n) is 5.48. The largest absolute Gasteiger partial charge is 0.369 e. The molecule has 2 heterocycles. The number of nitrogens with one attached hydrogen (secondary N) is 1. The summed E-state index contributed by atoms with van der Waals surface area (Å²) in [4.78, 5) is 14.4. The summed E-state index contributed by atoms with van der Waals surface area (Å²) in [5, 5.41) is 11.3. The number of aromatic nitrogens is 2. The summed E-state index contributed by atoms with van der Waals surface area (Å²) in [6.07, 6.45) is 1.92. The van der Waals surface area contributed by atoms with E-state index in [1.54, 1.807) is 6.07 Å². The molecule has 114 valence electrons. The molecule has 3 rings (SSSR count). The quantitative estimate of drug-likeness (QED) is 0.942. The van der Waals surface area contributed by atoms with Crippen LogP contribution in [-0.2, 0) is 13.0 Å². The Morgan fingerprint density at radius 1 is 1.18 bits per heavy atom. The Bertz CT molecular complexity index is 654. The number of rotatable bonds is 4. The summed E-state index contributed by atoms with van der Waals surface area (Å²) in [5.41, 5.74) is 2.95. The zero-order chi connectivity index (χ0) is 15.4. The number of carbonyl (C=O) groups excluding carboxylic acids is 1. The number of amides is 1. The molecule has 1 aliphatic rings. The number of anilines is 1. The van der Waals surface area contributed by atoms with Gasteiger partial charge in [0, 0.05) is 19.6 Å². The lowest BCUT2D eigenvalue weighted by atomic mass is 10.00. The topological polar surface area (TPSA) is 58.1 Å². The normalized spacial score (nSPS) is 13.6. The van der Waals surface area contributed by atoms with Crippen molar-refractivity contribution in [1.82, 2.24) is 15.1 Å². The van der Waals surface area contributed by atoms with Gasteiger partial charge in [0.25, 0.3) is 5.91 Å². The molecule has 0 saturated heterocycles. The van der Waals surface area contributed by atoms with Crippen LogP contribution in [0.25, 0.3) is 0 Å². The van der Waals surface area contributed by atoms with Gasteiger partial charge in [-0.05, 0) is 36.1 Å². The highest BCUT2D eigenvalue weighted by atomic mass is 16.2. The highest BCUT2D eigenvalue weighted by Gasteiger charge is 2.22. The Labute approximate surface area is 130 Å². The van der Waals surface area contributed by atoms with Gasteiger partial charge in [0.2, 0.25) is 0 Å². The van der Waals surface area contributed by atoms with Crippen LogP contribution in [0.4, 0.5) is 5.82 Å². The molecule has 1 aliphatic heterocycles. The molecule has 0 spiro atoms. The first-order valence-corrected chi connectivity index (χ1v) is 7.71. The molecule has 0 fully saturated rings. The fourth-order valence-electron chi connectivity index (χ4n) is 2.62. The van der Waals surface area contributed by atoms with Crippen LogP contribution < -0.4 is 5.32 Å². The average molecular weight is 296 g/mol. The molecule has 1 aromatic carbocycles. The molecule has 0 aliphatic carbocycles. The molecule has 1 aromatic heterocycles. The van der Waals surface area contributed by atoms with Gasteiger partial charge in [-0.1, -0.05) is 31.2 Å². The predicted molar refractivity (Wildman–Crippen MR) is 85.7 cm³/mol. The van der Waals surface area contributed by atoms with Gasteiger partial charge >= 0.3 is 0 Å². The van der Waals surface area contributed by atoms with Gasteiger partial charge in [0.15, 0.2) is 5.69 Å². The minimum atomic E-state index is -0.0518. The Morgan fingerprint density at radius 3 is 2.73 bits per heavy atom. The van der Waals surface area contributed by atoms with Gasteiger partial charge in [-0.3, -0.25) is 4.79 Å². The van der Waals surface area contributed by atoms with E-state index in [-0.39, 0.29) is 5.91 Å². The number of fused-ring (bicyclic) bond motifs is 1. The van der Waals surface area contributed by atoms with E-state index in [0.717, 1.165) is 25.9 Å². The van der Waals surface area contributed by atoms with Crippen molar-refractivity contribution in [2.75, 3.05) is 18.4 Å². The third kappa shape index (κ3) is 3.08. The van der Waals surface area contributed by atoms with Gasteiger partial charge in [0.1, 0.15) is 5.82 Å². The third-order valence-corrected chi connectivity index (χ3v) is 3.86. The van der Waals surface area contributed by atoms with Crippen LogP contribution in [0.5, 0.6) is 0 Å². The smallest absolute Gasteiger partial charge is 0.274 e. The fourth-order valence-corrected chi connectivity index (χ4v) is 2.62. The van der Waals surface area contributed by atoms with Crippen LogP contribution in [0.3, 0.4) is 0 Å². The number of hydrogen-bond acceptors (Lipinski definition) is 4. The molecule has 0 atom stereocenters. The molecule has 5 heteroatoms. The number of carbonyl (C=O) groups is 1. The van der Waals surface area contributed by atoms with E-state index in [1.807, 2.05) is 23.1 Å². The van der Waals surface area contributed by atoms with E-state index in [2.05, 4.69) is 34.6 Å². The second-order valence-corrected chi connectivity index (χ2v) is 5.48. The van der Waals surface area contributed by atoms with Crippen molar-refractivity contribution in [2.24, 2.45) is 0 Å². The molecule has 2 aromatic rings. The highest BCUT2D eigenvalue weighted by Crippen LogP contribution is 2.19. The summed E-state index contributed by atoms with van der Waals surface area (Å²) in [6.45, 7) is 4.32. The summed E-state index contributed by atoms with van der Waals surface area (Å²) < 4.78 is 0. The van der Waals surface area contributed by atoms with E-state index in [0.29, 0.717) is 18.1 Å². The maximum absolute atomic E-state index is 12.5. The lowest BCUT2D eigenvalue weighted by molar-refractivity contribution is 0.0727. The predicted octanol–water partition coefficient (Wildman–Crippen LogP) is 2.50. The van der Waals surface area contributed by atoms with Crippen LogP contribution in [0.2, 0.25) is 0 Å². The number of nitrogens with zero attached hydrogens (tertiary/aromatic N) is 3. The fraction of sp³-hybridized carbons (Fsp3) is 0.353. The van der Waals surface area contributed by atoms with Crippen molar-refractivity contribution in [3.63, 3.8) is 0 Å². The maximum Gasteiger partial charge on any atom is 0.274 e. The summed E-state index contributed by atoms with van der Waals surface area (Å²) >= 11 is 0. The van der Waals surface area contributed by atoms with Gasteiger partial charge in [-0.25, -0.2) is 0 Å². The van der Waals surface area contributed by atoms with Crippen molar-refractivity contribution in [2.45, 2.75) is 26.3 Å². The molecule has 0 bridgehead atoms. The zero-order valence-electron chi connectivity index (χ0n) is 12.7. The van der Waals surface area contributed by atoms with E-state index in [1.165, 1.54) is 11.1 Å². The van der Waals surface area contributed by atoms with Gasteiger partial charge < -0.3 is 10.2 Å². The Morgan fingerprint density at radius 2 is 2.00 bits per heavy atom. The molecule has 5 nitrogen and oxygen atoms in total. The summed E-state index contributed by atoms with van der Waals surface area (Å²) in [5.74, 6) is 0.659. The third-order valence-electron chi connectivity index (χ3n) is 3.86. The van der Waals surface area contributed by atoms with E-state index < -0.39 is 0 Å². The minimum absolute atomic E-state index is 0.0518. The Kier molecular flexibility index (Phi) is 4.32. The molecule has 0 radical (unpaired) electrons. The number of hydrogen-bond donors (Lipinski definition) is 1. The molecular weight excluding hydrogens is 276 g/mol. The van der Waals surface area contributed by atoms with Crippen molar-refractivity contribution in [1.29, 1.82) is 0 Å². The van der Waals surface area contributed by atoms with Gasteiger partial charge in [-0.15, -0.1) is 10.2 Å². The maximum atomic E-state index is 12.5. The van der Waals surface area contributed by atoms with Crippen molar-refractivity contribution in [3.05, 3.63) is 53.2 Å². The zero-order valence-corrected chi connectivity index (χ0v) is 12.7. The second kappa shape index (κ2) is 6.56. The average Bonchev–Trinajstić information content (AvgIpc) is 2.59. The molecule has 0 saturated carbocycles. The minimum Gasteiger partial charge on any atom is -0.369 e. The first kappa shape index (κ1) is 14.5. The molecule has 22 heavy (non-hydrogen) atoms. The SMILES string of the molecule is CCCNc1ccc(C(=O)N2CCc3ccccc3C2)nn1. The van der Waals surface area contributed by atoms with Crippen LogP contribution in [0.15, 0.2) is 36.4 Å². The van der Waals surface area contributed by atoms with Gasteiger partial charge in [0.05, 0.1) is 0 Å². The number of benzene rings is 1. The lowest BCUT2D eigenvalue weighted by Gasteiger charge is -2.28. The first-order chi connectivity index (χ1) is 10.8. The highest BCUT2D eigenvalue weighted by molar-refractivity contribution is 5.92. The van der Waals surface area contributed by atoms with Crippen LogP contribution >= 0.6 is 0 Å².